The van der Waals surface area contributed by atoms with Crippen molar-refractivity contribution < 1.29 is 21.3 Å². The Labute approximate surface area is 177 Å². The highest BCUT2D eigenvalue weighted by atomic mass is 28.5. The molecular weight excluding hydrogens is 437 g/mol. The van der Waals surface area contributed by atoms with E-state index in [4.69, 9.17) is 16.5 Å². The SMILES string of the molecule is C[Si](C)(O)O[Si](C)(C)O[Si](C)(C)O[Si](C)(C)O[Si](C)(C)CCc1ccccc1. The highest BCUT2D eigenvalue weighted by molar-refractivity contribution is 6.89. The molecule has 0 aliphatic rings. The first-order valence-corrected chi connectivity index (χ1v) is 24.4. The molecule has 0 radical (unpaired) electrons. The van der Waals surface area contributed by atoms with E-state index in [0.717, 1.165) is 12.5 Å². The molecule has 0 spiro atoms. The number of rotatable bonds is 11. The van der Waals surface area contributed by atoms with Gasteiger partial charge in [0.15, 0.2) is 8.32 Å². The molecular formula is C18H40O5Si5. The molecule has 162 valence electrons. The normalized spacial score (nSPS) is 14.4. The summed E-state index contributed by atoms with van der Waals surface area (Å²) in [5, 5.41) is 0. The van der Waals surface area contributed by atoms with Gasteiger partial charge in [-0.1, -0.05) is 30.3 Å². The van der Waals surface area contributed by atoms with Crippen molar-refractivity contribution in [1.82, 2.24) is 0 Å². The molecule has 0 saturated heterocycles. The first kappa shape index (κ1) is 26.1. The van der Waals surface area contributed by atoms with Crippen LogP contribution in [0.3, 0.4) is 0 Å². The molecule has 0 saturated carbocycles. The first-order chi connectivity index (χ1) is 12.4. The predicted octanol–water partition coefficient (Wildman–Crippen LogP) is 5.30. The molecule has 5 nitrogen and oxygen atoms in total. The molecule has 0 aliphatic carbocycles. The van der Waals surface area contributed by atoms with Crippen molar-refractivity contribution in [3.8, 4) is 0 Å². The Morgan fingerprint density at radius 2 is 1.07 bits per heavy atom. The molecule has 1 aromatic rings. The van der Waals surface area contributed by atoms with E-state index in [0.29, 0.717) is 0 Å². The van der Waals surface area contributed by atoms with Crippen LogP contribution in [0.1, 0.15) is 5.56 Å². The second kappa shape index (κ2) is 9.50. The zero-order valence-corrected chi connectivity index (χ0v) is 24.4. The summed E-state index contributed by atoms with van der Waals surface area (Å²) in [6.45, 7) is 20.4. The topological polar surface area (TPSA) is 57.2 Å². The van der Waals surface area contributed by atoms with Crippen molar-refractivity contribution >= 4 is 42.6 Å². The van der Waals surface area contributed by atoms with Crippen LogP contribution in [0.5, 0.6) is 0 Å². The molecule has 0 amide bonds. The van der Waals surface area contributed by atoms with Gasteiger partial charge in [0, 0.05) is 0 Å². The van der Waals surface area contributed by atoms with Gasteiger partial charge < -0.3 is 21.3 Å². The Kier molecular flexibility index (Phi) is 8.86. The van der Waals surface area contributed by atoms with Gasteiger partial charge in [-0.2, -0.15) is 0 Å². The lowest BCUT2D eigenvalue weighted by Crippen LogP contribution is -2.58. The van der Waals surface area contributed by atoms with E-state index in [1.165, 1.54) is 5.56 Å². The lowest BCUT2D eigenvalue weighted by Gasteiger charge is -2.41. The largest absolute Gasteiger partial charge is 0.436 e. The molecule has 10 heteroatoms. The van der Waals surface area contributed by atoms with Gasteiger partial charge in [0.05, 0.1) is 0 Å². The average Bonchev–Trinajstić information content (AvgIpc) is 2.39. The Morgan fingerprint density at radius 1 is 0.643 bits per heavy atom. The van der Waals surface area contributed by atoms with E-state index in [2.05, 4.69) is 50.5 Å². The van der Waals surface area contributed by atoms with E-state index in [-0.39, 0.29) is 0 Å². The second-order valence-electron chi connectivity index (χ2n) is 9.80. The summed E-state index contributed by atoms with van der Waals surface area (Å²) in [5.41, 5.74) is 1.35. The van der Waals surface area contributed by atoms with Crippen LogP contribution in [0.2, 0.25) is 71.5 Å². The highest BCUT2D eigenvalue weighted by Crippen LogP contribution is 2.27. The fourth-order valence-corrected chi connectivity index (χ4v) is 26.2. The van der Waals surface area contributed by atoms with Gasteiger partial charge >= 0.3 is 34.2 Å². The van der Waals surface area contributed by atoms with Crippen molar-refractivity contribution in [3.63, 3.8) is 0 Å². The maximum Gasteiger partial charge on any atom is 0.320 e. The van der Waals surface area contributed by atoms with Crippen molar-refractivity contribution in [2.45, 2.75) is 77.9 Å². The zero-order valence-electron chi connectivity index (χ0n) is 19.4. The maximum absolute atomic E-state index is 10.1. The van der Waals surface area contributed by atoms with Crippen LogP contribution in [0.4, 0.5) is 0 Å². The average molecular weight is 477 g/mol. The summed E-state index contributed by atoms with van der Waals surface area (Å²) < 4.78 is 25.4. The van der Waals surface area contributed by atoms with Gasteiger partial charge in [-0.25, -0.2) is 0 Å². The summed E-state index contributed by atoms with van der Waals surface area (Å²) >= 11 is 0. The third-order valence-electron chi connectivity index (χ3n) is 3.86. The monoisotopic (exact) mass is 476 g/mol. The maximum atomic E-state index is 10.1. The third kappa shape index (κ3) is 11.3. The van der Waals surface area contributed by atoms with Gasteiger partial charge in [-0.15, -0.1) is 0 Å². The Morgan fingerprint density at radius 3 is 1.54 bits per heavy atom. The van der Waals surface area contributed by atoms with E-state index in [1.54, 1.807) is 13.1 Å². The van der Waals surface area contributed by atoms with Crippen LogP contribution in [-0.4, -0.2) is 47.4 Å². The minimum Gasteiger partial charge on any atom is -0.436 e. The molecule has 0 atom stereocenters. The standard InChI is InChI=1S/C18H40O5Si5/c1-24(2,17-16-18-14-12-11-13-15-18)20-26(5,6)22-28(9,10)23-27(7,8)21-25(3,4)19/h11-15,19H,16-17H2,1-10H3. The number of benzene rings is 1. The van der Waals surface area contributed by atoms with Gasteiger partial charge in [-0.05, 0) is 83.5 Å². The minimum atomic E-state index is -2.64. The third-order valence-corrected chi connectivity index (χ3v) is 21.3. The summed E-state index contributed by atoms with van der Waals surface area (Å²) in [4.78, 5) is 10.1. The molecule has 0 bridgehead atoms. The number of hydrogen-bond donors (Lipinski definition) is 1. The zero-order chi connectivity index (χ0) is 21.9. The molecule has 0 aromatic heterocycles. The molecule has 0 aliphatic heterocycles. The second-order valence-corrected chi connectivity index (χ2v) is 28.4. The van der Waals surface area contributed by atoms with E-state index >= 15 is 0 Å². The van der Waals surface area contributed by atoms with Crippen LogP contribution in [0.25, 0.3) is 0 Å². The fraction of sp³-hybridized carbons (Fsp3) is 0.667. The summed E-state index contributed by atoms with van der Waals surface area (Å²) in [5.74, 6) is 0. The van der Waals surface area contributed by atoms with Gasteiger partial charge in [0.2, 0.25) is 0 Å². The van der Waals surface area contributed by atoms with Crippen LogP contribution in [0, 0.1) is 0 Å². The van der Waals surface area contributed by atoms with Crippen LogP contribution in [0.15, 0.2) is 30.3 Å². The van der Waals surface area contributed by atoms with Crippen LogP contribution < -0.4 is 0 Å². The molecule has 28 heavy (non-hydrogen) atoms. The van der Waals surface area contributed by atoms with Gasteiger partial charge in [-0.3, -0.25) is 0 Å². The Hall–Kier alpha value is 0.104. The quantitative estimate of drug-likeness (QED) is 0.439. The highest BCUT2D eigenvalue weighted by Gasteiger charge is 2.45. The smallest absolute Gasteiger partial charge is 0.320 e. The predicted molar refractivity (Wildman–Crippen MR) is 129 cm³/mol. The Bertz CT molecular complexity index is 615. The number of hydrogen-bond acceptors (Lipinski definition) is 5. The molecule has 0 heterocycles. The van der Waals surface area contributed by atoms with Gasteiger partial charge in [0.1, 0.15) is 0 Å². The van der Waals surface area contributed by atoms with Crippen molar-refractivity contribution in [2.24, 2.45) is 0 Å². The van der Waals surface area contributed by atoms with Crippen molar-refractivity contribution in [2.75, 3.05) is 0 Å². The summed E-state index contributed by atoms with van der Waals surface area (Å²) in [6, 6.07) is 11.6. The van der Waals surface area contributed by atoms with Crippen LogP contribution >= 0.6 is 0 Å². The molecule has 0 unspecified atom stereocenters. The molecule has 1 aromatic carbocycles. The molecule has 0 fully saturated rings. The molecule has 1 N–H and O–H groups in total. The summed E-state index contributed by atoms with van der Waals surface area (Å²) in [7, 11) is -11.8. The van der Waals surface area contributed by atoms with E-state index < -0.39 is 42.6 Å². The lowest BCUT2D eigenvalue weighted by atomic mass is 10.2. The van der Waals surface area contributed by atoms with Crippen molar-refractivity contribution in [3.05, 3.63) is 35.9 Å². The lowest BCUT2D eigenvalue weighted by molar-refractivity contribution is 0.280. The molecule has 1 rings (SSSR count). The number of aryl methyl sites for hydroxylation is 1. The van der Waals surface area contributed by atoms with E-state index in [1.807, 2.05) is 32.3 Å². The first-order valence-electron chi connectivity index (χ1n) is 9.97. The summed E-state index contributed by atoms with van der Waals surface area (Å²) in [6.07, 6.45) is 1.03. The minimum absolute atomic E-state index is 1.03. The Balaban J connectivity index is 2.69. The van der Waals surface area contributed by atoms with E-state index in [9.17, 15) is 4.80 Å². The van der Waals surface area contributed by atoms with Crippen molar-refractivity contribution in [1.29, 1.82) is 0 Å². The van der Waals surface area contributed by atoms with Crippen LogP contribution in [-0.2, 0) is 22.9 Å². The van der Waals surface area contributed by atoms with Gasteiger partial charge in [0.25, 0.3) is 0 Å². The fourth-order valence-electron chi connectivity index (χ4n) is 3.65.